The number of Topliss-reactive ketones (excluding diaryl/α,β-unsaturated/α-hetero) is 1. The predicted molar refractivity (Wildman–Crippen MR) is 123 cm³/mol. The minimum Gasteiger partial charge on any atom is -0.507 e. The minimum atomic E-state index is -0.875. The Bertz CT molecular complexity index is 1270. The Kier molecular flexibility index (Phi) is 5.87. The Morgan fingerprint density at radius 2 is 1.91 bits per heavy atom. The summed E-state index contributed by atoms with van der Waals surface area (Å²) in [6.07, 6.45) is 3.25. The first kappa shape index (κ1) is 22.1. The number of carbonyl (C=O) groups excluding carboxylic acids is 2. The van der Waals surface area contributed by atoms with E-state index in [9.17, 15) is 19.8 Å². The number of phenolic OH excluding ortho intramolecular Hbond substituents is 1. The summed E-state index contributed by atoms with van der Waals surface area (Å²) in [4.78, 5) is 31.9. The van der Waals surface area contributed by atoms with Gasteiger partial charge in [-0.2, -0.15) is 0 Å². The fourth-order valence-electron chi connectivity index (χ4n) is 4.08. The fourth-order valence-corrected chi connectivity index (χ4v) is 4.08. The number of aromatic hydroxyl groups is 1. The van der Waals surface area contributed by atoms with E-state index in [4.69, 9.17) is 4.74 Å². The number of ether oxygens (including phenoxy) is 1. The molecule has 2 aromatic carbocycles. The molecule has 168 valence electrons. The van der Waals surface area contributed by atoms with Crippen LogP contribution in [0.15, 0.2) is 66.5 Å². The van der Waals surface area contributed by atoms with E-state index in [2.05, 4.69) is 4.98 Å². The van der Waals surface area contributed by atoms with E-state index in [1.165, 1.54) is 18.1 Å². The molecular weight excluding hydrogens is 420 g/mol. The second-order valence-corrected chi connectivity index (χ2v) is 8.04. The van der Waals surface area contributed by atoms with Crippen LogP contribution in [-0.2, 0) is 16.1 Å². The van der Waals surface area contributed by atoms with Gasteiger partial charge in [0.05, 0.1) is 18.7 Å². The summed E-state index contributed by atoms with van der Waals surface area (Å²) in [6, 6.07) is 12.9. The number of amides is 1. The molecule has 0 aliphatic carbocycles. The molecule has 7 nitrogen and oxygen atoms in total. The molecular formula is C26H24N2O5. The lowest BCUT2D eigenvalue weighted by Crippen LogP contribution is -2.29. The van der Waals surface area contributed by atoms with Crippen molar-refractivity contribution in [3.8, 4) is 11.5 Å². The van der Waals surface area contributed by atoms with Crippen LogP contribution in [0.4, 0.5) is 0 Å². The number of likely N-dealkylation sites (tertiary alicyclic amines) is 1. The first-order valence-corrected chi connectivity index (χ1v) is 10.4. The number of methoxy groups -OCH3 is 1. The van der Waals surface area contributed by atoms with Crippen LogP contribution in [0, 0.1) is 13.8 Å². The Balaban J connectivity index is 1.93. The van der Waals surface area contributed by atoms with Crippen molar-refractivity contribution in [3.63, 3.8) is 0 Å². The van der Waals surface area contributed by atoms with Crippen molar-refractivity contribution in [1.29, 1.82) is 0 Å². The first-order chi connectivity index (χ1) is 15.8. The number of nitrogens with zero attached hydrogens (tertiary/aromatic N) is 2. The average Bonchev–Trinajstić information content (AvgIpc) is 3.06. The third kappa shape index (κ3) is 4.05. The van der Waals surface area contributed by atoms with Gasteiger partial charge in [-0.25, -0.2) is 0 Å². The number of rotatable bonds is 5. The van der Waals surface area contributed by atoms with Crippen molar-refractivity contribution < 1.29 is 24.5 Å². The molecule has 2 N–H and O–H groups in total. The molecule has 2 heterocycles. The van der Waals surface area contributed by atoms with Crippen LogP contribution >= 0.6 is 0 Å². The van der Waals surface area contributed by atoms with E-state index < -0.39 is 17.7 Å². The third-order valence-corrected chi connectivity index (χ3v) is 5.78. The largest absolute Gasteiger partial charge is 0.507 e. The number of aryl methyl sites for hydroxylation is 2. The maximum Gasteiger partial charge on any atom is 0.295 e. The van der Waals surface area contributed by atoms with Crippen LogP contribution in [-0.4, -0.2) is 38.9 Å². The van der Waals surface area contributed by atoms with Crippen LogP contribution in [0.25, 0.3) is 5.76 Å². The summed E-state index contributed by atoms with van der Waals surface area (Å²) in [5.74, 6) is -1.59. The zero-order valence-electron chi connectivity index (χ0n) is 18.6. The molecule has 0 spiro atoms. The summed E-state index contributed by atoms with van der Waals surface area (Å²) in [7, 11) is 1.42. The van der Waals surface area contributed by atoms with Gasteiger partial charge in [0.2, 0.25) is 0 Å². The predicted octanol–water partition coefficient (Wildman–Crippen LogP) is 4.03. The SMILES string of the molecule is COc1cc(C2/C(=C(\O)c3cc(C)ccc3C)C(=O)C(=O)N2Cc2cccnc2)ccc1O. The lowest BCUT2D eigenvalue weighted by molar-refractivity contribution is -0.140. The van der Waals surface area contributed by atoms with E-state index in [-0.39, 0.29) is 29.4 Å². The van der Waals surface area contributed by atoms with Crippen LogP contribution in [0.3, 0.4) is 0 Å². The van der Waals surface area contributed by atoms with Gasteiger partial charge in [-0.05, 0) is 54.8 Å². The van der Waals surface area contributed by atoms with Gasteiger partial charge in [0.15, 0.2) is 11.5 Å². The first-order valence-electron chi connectivity index (χ1n) is 10.4. The van der Waals surface area contributed by atoms with Crippen molar-refractivity contribution in [2.24, 2.45) is 0 Å². The van der Waals surface area contributed by atoms with Gasteiger partial charge in [-0.3, -0.25) is 14.6 Å². The molecule has 3 aromatic rings. The van der Waals surface area contributed by atoms with Gasteiger partial charge in [0.1, 0.15) is 5.76 Å². The Morgan fingerprint density at radius 1 is 1.12 bits per heavy atom. The van der Waals surface area contributed by atoms with E-state index in [0.29, 0.717) is 11.1 Å². The molecule has 1 unspecified atom stereocenters. The normalized spacial score (nSPS) is 17.4. The zero-order chi connectivity index (χ0) is 23.7. The van der Waals surface area contributed by atoms with E-state index in [1.807, 2.05) is 32.0 Å². The number of phenols is 1. The number of hydrogen-bond acceptors (Lipinski definition) is 6. The standard InChI is InChI=1S/C26H24N2O5/c1-15-6-7-16(2)19(11-15)24(30)22-23(18-8-9-20(29)21(12-18)33-3)28(26(32)25(22)31)14-17-5-4-10-27-13-17/h4-13,23,29-30H,14H2,1-3H3/b24-22+. The minimum absolute atomic E-state index is 0.00895. The van der Waals surface area contributed by atoms with Crippen molar-refractivity contribution in [1.82, 2.24) is 9.88 Å². The number of aromatic nitrogens is 1. The second-order valence-electron chi connectivity index (χ2n) is 8.04. The van der Waals surface area contributed by atoms with E-state index in [0.717, 1.165) is 16.7 Å². The van der Waals surface area contributed by atoms with Crippen molar-refractivity contribution in [2.75, 3.05) is 7.11 Å². The maximum atomic E-state index is 13.2. The Morgan fingerprint density at radius 3 is 2.61 bits per heavy atom. The summed E-state index contributed by atoms with van der Waals surface area (Å²) in [6.45, 7) is 3.84. The van der Waals surface area contributed by atoms with E-state index in [1.54, 1.807) is 36.7 Å². The summed E-state index contributed by atoms with van der Waals surface area (Å²) in [5.41, 5.74) is 3.44. The molecule has 1 atom stereocenters. The molecule has 7 heteroatoms. The number of benzene rings is 2. The number of pyridine rings is 1. The second kappa shape index (κ2) is 8.78. The quantitative estimate of drug-likeness (QED) is 0.350. The van der Waals surface area contributed by atoms with Crippen LogP contribution in [0.1, 0.15) is 33.9 Å². The van der Waals surface area contributed by atoms with Crippen LogP contribution in [0.5, 0.6) is 11.5 Å². The van der Waals surface area contributed by atoms with Gasteiger partial charge < -0.3 is 19.8 Å². The fraction of sp³-hybridized carbons (Fsp3) is 0.192. The topological polar surface area (TPSA) is 100.0 Å². The molecule has 1 aliphatic heterocycles. The van der Waals surface area contributed by atoms with Gasteiger partial charge in [-0.15, -0.1) is 0 Å². The highest BCUT2D eigenvalue weighted by Crippen LogP contribution is 2.42. The molecule has 0 saturated carbocycles. The lowest BCUT2D eigenvalue weighted by Gasteiger charge is -2.26. The summed E-state index contributed by atoms with van der Waals surface area (Å²) >= 11 is 0. The van der Waals surface area contributed by atoms with Crippen molar-refractivity contribution in [2.45, 2.75) is 26.4 Å². The molecule has 33 heavy (non-hydrogen) atoms. The molecule has 4 rings (SSSR count). The van der Waals surface area contributed by atoms with Crippen LogP contribution < -0.4 is 4.74 Å². The van der Waals surface area contributed by atoms with Gasteiger partial charge in [0, 0.05) is 24.5 Å². The number of aliphatic hydroxyl groups is 1. The molecule has 1 fully saturated rings. The number of carbonyl (C=O) groups is 2. The zero-order valence-corrected chi connectivity index (χ0v) is 18.6. The highest BCUT2D eigenvalue weighted by Gasteiger charge is 2.46. The Labute approximate surface area is 191 Å². The summed E-state index contributed by atoms with van der Waals surface area (Å²) in [5, 5.41) is 21.4. The molecule has 0 radical (unpaired) electrons. The number of ketones is 1. The van der Waals surface area contributed by atoms with Gasteiger partial charge >= 0.3 is 0 Å². The smallest absolute Gasteiger partial charge is 0.295 e. The van der Waals surface area contributed by atoms with E-state index >= 15 is 0 Å². The van der Waals surface area contributed by atoms with Gasteiger partial charge in [-0.1, -0.05) is 29.8 Å². The van der Waals surface area contributed by atoms with Crippen LogP contribution in [0.2, 0.25) is 0 Å². The highest BCUT2D eigenvalue weighted by atomic mass is 16.5. The van der Waals surface area contributed by atoms with Gasteiger partial charge in [0.25, 0.3) is 11.7 Å². The molecule has 1 amide bonds. The third-order valence-electron chi connectivity index (χ3n) is 5.78. The van der Waals surface area contributed by atoms with Crippen molar-refractivity contribution in [3.05, 3.63) is 94.3 Å². The summed E-state index contributed by atoms with van der Waals surface area (Å²) < 4.78 is 5.24. The molecule has 0 bridgehead atoms. The maximum absolute atomic E-state index is 13.2. The molecule has 1 saturated heterocycles. The van der Waals surface area contributed by atoms with Crippen molar-refractivity contribution >= 4 is 17.4 Å². The lowest BCUT2D eigenvalue weighted by atomic mass is 9.93. The molecule has 1 aliphatic rings. The molecule has 1 aromatic heterocycles. The monoisotopic (exact) mass is 444 g/mol. The highest BCUT2D eigenvalue weighted by molar-refractivity contribution is 6.46. The number of aliphatic hydroxyl groups excluding tert-OH is 1. The average molecular weight is 444 g/mol. The Hall–Kier alpha value is -4.13. The number of hydrogen-bond donors (Lipinski definition) is 2.